The third-order valence-electron chi connectivity index (χ3n) is 5.09. The van der Waals surface area contributed by atoms with Crippen molar-refractivity contribution in [2.24, 2.45) is 4.99 Å². The Morgan fingerprint density at radius 3 is 2.48 bits per heavy atom. The van der Waals surface area contributed by atoms with E-state index >= 15 is 0 Å². The molecule has 0 fully saturated rings. The first-order valence-corrected chi connectivity index (χ1v) is 11.3. The molecule has 0 radical (unpaired) electrons. The van der Waals surface area contributed by atoms with Crippen LogP contribution in [0.2, 0.25) is 0 Å². The molecule has 2 aromatic rings. The van der Waals surface area contributed by atoms with E-state index in [-0.39, 0.29) is 40.5 Å². The number of aliphatic imine (C=N–C) groups is 1. The first-order chi connectivity index (χ1) is 14.1. The molecule has 0 bridgehead atoms. The van der Waals surface area contributed by atoms with Gasteiger partial charge in [0.1, 0.15) is 11.4 Å². The van der Waals surface area contributed by atoms with Crippen molar-refractivity contribution in [3.05, 3.63) is 59.7 Å². The Labute approximate surface area is 202 Å². The highest BCUT2D eigenvalue weighted by molar-refractivity contribution is 14.0. The molecule has 0 aromatic heterocycles. The Morgan fingerprint density at radius 2 is 1.81 bits per heavy atom. The van der Waals surface area contributed by atoms with Crippen molar-refractivity contribution < 1.29 is 13.2 Å². The molecule has 0 saturated heterocycles. The van der Waals surface area contributed by atoms with E-state index in [9.17, 15) is 8.42 Å². The van der Waals surface area contributed by atoms with Crippen LogP contribution in [0.3, 0.4) is 0 Å². The van der Waals surface area contributed by atoms with E-state index in [0.717, 1.165) is 17.7 Å². The number of rotatable bonds is 5. The lowest BCUT2D eigenvalue weighted by molar-refractivity contribution is 0.0694. The molecule has 0 amide bonds. The van der Waals surface area contributed by atoms with Crippen molar-refractivity contribution in [3.8, 4) is 5.75 Å². The van der Waals surface area contributed by atoms with Crippen LogP contribution in [0.25, 0.3) is 0 Å². The van der Waals surface area contributed by atoms with Gasteiger partial charge >= 0.3 is 0 Å². The zero-order valence-electron chi connectivity index (χ0n) is 18.5. The number of halogens is 1. The van der Waals surface area contributed by atoms with Crippen molar-refractivity contribution in [2.75, 3.05) is 21.1 Å². The van der Waals surface area contributed by atoms with Gasteiger partial charge in [-0.15, -0.1) is 24.0 Å². The van der Waals surface area contributed by atoms with Gasteiger partial charge in [-0.25, -0.2) is 12.7 Å². The van der Waals surface area contributed by atoms with Gasteiger partial charge in [-0.3, -0.25) is 4.99 Å². The van der Waals surface area contributed by atoms with E-state index in [0.29, 0.717) is 18.1 Å². The molecular formula is C22H31IN4O3S. The summed E-state index contributed by atoms with van der Waals surface area (Å²) >= 11 is 0. The van der Waals surface area contributed by atoms with Gasteiger partial charge in [-0.1, -0.05) is 36.4 Å². The van der Waals surface area contributed by atoms with E-state index in [1.165, 1.54) is 18.4 Å². The molecule has 170 valence electrons. The van der Waals surface area contributed by atoms with E-state index in [2.05, 4.69) is 35.5 Å². The number of hydrogen-bond donors (Lipinski definition) is 2. The van der Waals surface area contributed by atoms with Crippen molar-refractivity contribution in [2.45, 2.75) is 43.4 Å². The number of nitrogens with zero attached hydrogens (tertiary/aromatic N) is 2. The van der Waals surface area contributed by atoms with Crippen LogP contribution in [-0.2, 0) is 16.6 Å². The highest BCUT2D eigenvalue weighted by atomic mass is 127. The molecular weight excluding hydrogens is 527 g/mol. The quantitative estimate of drug-likeness (QED) is 0.334. The number of sulfonamides is 1. The predicted molar refractivity (Wildman–Crippen MR) is 135 cm³/mol. The molecule has 9 heteroatoms. The van der Waals surface area contributed by atoms with E-state index in [1.807, 2.05) is 30.3 Å². The summed E-state index contributed by atoms with van der Waals surface area (Å²) in [4.78, 5) is 4.63. The SMILES string of the molecule is CN=C(NCc1ccccc1S(=O)(=O)N(C)C)NC1CC(C)(C)Oc2ccccc21.I. The van der Waals surface area contributed by atoms with Gasteiger partial charge in [0, 0.05) is 39.7 Å². The highest BCUT2D eigenvalue weighted by Gasteiger charge is 2.34. The molecule has 2 N–H and O–H groups in total. The van der Waals surface area contributed by atoms with Crippen molar-refractivity contribution in [3.63, 3.8) is 0 Å². The van der Waals surface area contributed by atoms with Crippen LogP contribution in [0.15, 0.2) is 58.4 Å². The maximum atomic E-state index is 12.6. The van der Waals surface area contributed by atoms with Crippen LogP contribution in [0.4, 0.5) is 0 Å². The Balaban J connectivity index is 0.00000341. The molecule has 1 unspecified atom stereocenters. The highest BCUT2D eigenvalue weighted by Crippen LogP contribution is 2.39. The normalized spacial score (nSPS) is 17.9. The summed E-state index contributed by atoms with van der Waals surface area (Å²) < 4.78 is 32.6. The molecule has 1 heterocycles. The van der Waals surface area contributed by atoms with Crippen molar-refractivity contribution in [1.82, 2.24) is 14.9 Å². The molecule has 3 rings (SSSR count). The number of guanidine groups is 1. The number of nitrogens with one attached hydrogen (secondary N) is 2. The Hall–Kier alpha value is -1.85. The molecule has 1 aliphatic heterocycles. The molecule has 0 aliphatic carbocycles. The number of para-hydroxylation sites is 1. The molecule has 31 heavy (non-hydrogen) atoms. The van der Waals surface area contributed by atoms with Crippen LogP contribution in [-0.4, -0.2) is 45.4 Å². The Bertz CT molecular complexity index is 1040. The fourth-order valence-electron chi connectivity index (χ4n) is 3.57. The number of hydrogen-bond acceptors (Lipinski definition) is 4. The van der Waals surface area contributed by atoms with E-state index in [1.54, 1.807) is 19.2 Å². The van der Waals surface area contributed by atoms with Gasteiger partial charge in [-0.2, -0.15) is 0 Å². The molecule has 1 aliphatic rings. The summed E-state index contributed by atoms with van der Waals surface area (Å²) in [5, 5.41) is 6.73. The summed E-state index contributed by atoms with van der Waals surface area (Å²) in [5.74, 6) is 1.47. The second-order valence-electron chi connectivity index (χ2n) is 8.12. The average molecular weight is 558 g/mol. The molecule has 7 nitrogen and oxygen atoms in total. The smallest absolute Gasteiger partial charge is 0.242 e. The lowest BCUT2D eigenvalue weighted by Crippen LogP contribution is -2.45. The lowest BCUT2D eigenvalue weighted by atomic mass is 9.90. The van der Waals surface area contributed by atoms with Gasteiger partial charge in [0.15, 0.2) is 5.96 Å². The Morgan fingerprint density at radius 1 is 1.16 bits per heavy atom. The summed E-state index contributed by atoms with van der Waals surface area (Å²) in [7, 11) is 1.24. The fraction of sp³-hybridized carbons (Fsp3) is 0.409. The molecule has 1 atom stereocenters. The van der Waals surface area contributed by atoms with Crippen molar-refractivity contribution in [1.29, 1.82) is 0 Å². The number of fused-ring (bicyclic) bond motifs is 1. The third-order valence-corrected chi connectivity index (χ3v) is 7.00. The van der Waals surface area contributed by atoms with Crippen molar-refractivity contribution >= 4 is 40.0 Å². The lowest BCUT2D eigenvalue weighted by Gasteiger charge is -2.38. The predicted octanol–water partition coefficient (Wildman–Crippen LogP) is 3.52. The molecule has 2 aromatic carbocycles. The summed E-state index contributed by atoms with van der Waals surface area (Å²) in [6, 6.07) is 15.0. The molecule has 0 spiro atoms. The Kier molecular flexibility index (Phi) is 8.34. The first kappa shape index (κ1) is 25.4. The van der Waals surface area contributed by atoms with Crippen LogP contribution in [0.1, 0.15) is 37.4 Å². The van der Waals surface area contributed by atoms with Gasteiger partial charge in [0.05, 0.1) is 10.9 Å². The number of ether oxygens (including phenoxy) is 1. The standard InChI is InChI=1S/C22H30N4O3S.HI/c1-22(2)14-18(17-11-7-8-12-19(17)29-22)25-21(23-3)24-15-16-10-6-9-13-20(16)30(27,28)26(4)5;/h6-13,18H,14-15H2,1-5H3,(H2,23,24,25);1H. The second-order valence-corrected chi connectivity index (χ2v) is 10.2. The second kappa shape index (κ2) is 10.2. The van der Waals surface area contributed by atoms with Crippen LogP contribution < -0.4 is 15.4 Å². The zero-order chi connectivity index (χ0) is 21.9. The fourth-order valence-corrected chi connectivity index (χ4v) is 4.68. The average Bonchev–Trinajstić information content (AvgIpc) is 2.70. The van der Waals surface area contributed by atoms with Crippen LogP contribution in [0, 0.1) is 0 Å². The zero-order valence-corrected chi connectivity index (χ0v) is 21.7. The topological polar surface area (TPSA) is 83.0 Å². The summed E-state index contributed by atoms with van der Waals surface area (Å²) in [6.45, 7) is 4.46. The van der Waals surface area contributed by atoms with Gasteiger partial charge < -0.3 is 15.4 Å². The maximum Gasteiger partial charge on any atom is 0.242 e. The number of benzene rings is 2. The molecule has 0 saturated carbocycles. The summed E-state index contributed by atoms with van der Waals surface area (Å²) in [6.07, 6.45) is 0.774. The summed E-state index contributed by atoms with van der Waals surface area (Å²) in [5.41, 5.74) is 1.45. The van der Waals surface area contributed by atoms with Gasteiger partial charge in [-0.05, 0) is 31.5 Å². The monoisotopic (exact) mass is 558 g/mol. The minimum Gasteiger partial charge on any atom is -0.487 e. The van der Waals surface area contributed by atoms with Crippen LogP contribution in [0.5, 0.6) is 5.75 Å². The van der Waals surface area contributed by atoms with Crippen LogP contribution >= 0.6 is 24.0 Å². The van der Waals surface area contributed by atoms with Gasteiger partial charge in [0.2, 0.25) is 10.0 Å². The minimum atomic E-state index is -3.53. The largest absolute Gasteiger partial charge is 0.487 e. The maximum absolute atomic E-state index is 12.6. The van der Waals surface area contributed by atoms with E-state index < -0.39 is 10.0 Å². The van der Waals surface area contributed by atoms with E-state index in [4.69, 9.17) is 4.74 Å². The van der Waals surface area contributed by atoms with Gasteiger partial charge in [0.25, 0.3) is 0 Å². The third kappa shape index (κ3) is 5.89. The first-order valence-electron chi connectivity index (χ1n) is 9.89. The minimum absolute atomic E-state index is 0.